The summed E-state index contributed by atoms with van der Waals surface area (Å²) in [6.45, 7) is 3.50. The predicted octanol–water partition coefficient (Wildman–Crippen LogP) is 3.90. The molecule has 1 aliphatic carbocycles. The molecule has 2 heterocycles. The lowest BCUT2D eigenvalue weighted by Gasteiger charge is -2.33. The fourth-order valence-electron chi connectivity index (χ4n) is 3.95. The molecule has 0 bridgehead atoms. The first kappa shape index (κ1) is 23.5. The first-order chi connectivity index (χ1) is 15.2. The van der Waals surface area contributed by atoms with Crippen molar-refractivity contribution in [2.45, 2.75) is 23.0 Å². The highest BCUT2D eigenvalue weighted by Crippen LogP contribution is 2.45. The Labute approximate surface area is 200 Å². The third-order valence-corrected chi connectivity index (χ3v) is 8.81. The Morgan fingerprint density at radius 2 is 2.09 bits per heavy atom. The molecule has 0 saturated carbocycles. The highest BCUT2D eigenvalue weighted by atomic mass is 35.5. The van der Waals surface area contributed by atoms with Crippen LogP contribution in [0.5, 0.6) is 0 Å². The van der Waals surface area contributed by atoms with Gasteiger partial charge in [-0.15, -0.1) is 11.6 Å². The SMILES string of the molecule is O=C(NCCN1CCCC1)Nc1nc2ccc(C3(Cl)C=CC=C(Cl)C3S(=O)(=O)O)cc2s1. The number of carbonyl (C=O) groups is 1. The van der Waals surface area contributed by atoms with Crippen molar-refractivity contribution < 1.29 is 17.8 Å². The molecule has 3 N–H and O–H groups in total. The third kappa shape index (κ3) is 4.95. The molecule has 2 aromatic rings. The Morgan fingerprint density at radius 3 is 2.81 bits per heavy atom. The van der Waals surface area contributed by atoms with Crippen molar-refractivity contribution in [2.24, 2.45) is 0 Å². The second kappa shape index (κ2) is 9.28. The molecule has 2 atom stereocenters. The molecule has 12 heteroatoms. The Kier molecular flexibility index (Phi) is 6.81. The van der Waals surface area contributed by atoms with E-state index in [1.807, 2.05) is 0 Å². The molecule has 4 rings (SSSR count). The summed E-state index contributed by atoms with van der Waals surface area (Å²) in [5.74, 6) is 0. The van der Waals surface area contributed by atoms with Crippen molar-refractivity contribution in [3.05, 3.63) is 47.0 Å². The van der Waals surface area contributed by atoms with Gasteiger partial charge in [0.15, 0.2) is 5.13 Å². The Hall–Kier alpha value is -1.69. The lowest BCUT2D eigenvalue weighted by Crippen LogP contribution is -2.40. The quantitative estimate of drug-likeness (QED) is 0.396. The molecular formula is C20H22Cl2N4O4S2. The molecule has 2 amide bonds. The van der Waals surface area contributed by atoms with Crippen LogP contribution >= 0.6 is 34.5 Å². The van der Waals surface area contributed by atoms with Crippen LogP contribution in [-0.4, -0.2) is 60.3 Å². The van der Waals surface area contributed by atoms with Crippen LogP contribution in [0.1, 0.15) is 18.4 Å². The number of nitrogens with zero attached hydrogens (tertiary/aromatic N) is 2. The van der Waals surface area contributed by atoms with Gasteiger partial charge in [-0.1, -0.05) is 41.2 Å². The number of likely N-dealkylation sites (tertiary alicyclic amines) is 1. The summed E-state index contributed by atoms with van der Waals surface area (Å²) in [5, 5.41) is 4.35. The number of allylic oxidation sites excluding steroid dienone is 3. The number of urea groups is 1. The fourth-order valence-corrected chi connectivity index (χ4v) is 7.15. The summed E-state index contributed by atoms with van der Waals surface area (Å²) in [4.78, 5) is 17.3. The van der Waals surface area contributed by atoms with E-state index in [1.165, 1.54) is 36.3 Å². The summed E-state index contributed by atoms with van der Waals surface area (Å²) in [6.07, 6.45) is 6.82. The van der Waals surface area contributed by atoms with Crippen LogP contribution in [-0.2, 0) is 15.0 Å². The number of thiazole rings is 1. The number of amides is 2. The van der Waals surface area contributed by atoms with Gasteiger partial charge >= 0.3 is 6.03 Å². The summed E-state index contributed by atoms with van der Waals surface area (Å²) < 4.78 is 34.4. The van der Waals surface area contributed by atoms with Gasteiger partial charge in [-0.2, -0.15) is 8.42 Å². The number of alkyl halides is 1. The van der Waals surface area contributed by atoms with Crippen LogP contribution in [0, 0.1) is 0 Å². The number of aromatic nitrogens is 1. The van der Waals surface area contributed by atoms with E-state index in [4.69, 9.17) is 23.2 Å². The van der Waals surface area contributed by atoms with Crippen molar-refractivity contribution >= 4 is 66.0 Å². The van der Waals surface area contributed by atoms with Gasteiger partial charge in [-0.25, -0.2) is 9.78 Å². The topological polar surface area (TPSA) is 112 Å². The summed E-state index contributed by atoms with van der Waals surface area (Å²) in [6, 6.07) is 4.67. The van der Waals surface area contributed by atoms with Gasteiger partial charge in [0.05, 0.1) is 10.2 Å². The van der Waals surface area contributed by atoms with E-state index in [-0.39, 0.29) is 11.1 Å². The highest BCUT2D eigenvalue weighted by Gasteiger charge is 2.47. The van der Waals surface area contributed by atoms with Crippen LogP contribution in [0.3, 0.4) is 0 Å². The molecule has 1 fully saturated rings. The number of benzene rings is 1. The van der Waals surface area contributed by atoms with Gasteiger partial charge in [0, 0.05) is 18.1 Å². The van der Waals surface area contributed by atoms with Crippen LogP contribution in [0.25, 0.3) is 10.2 Å². The molecule has 172 valence electrons. The zero-order chi connectivity index (χ0) is 22.9. The monoisotopic (exact) mass is 516 g/mol. The Morgan fingerprint density at radius 1 is 1.34 bits per heavy atom. The summed E-state index contributed by atoms with van der Waals surface area (Å²) >= 11 is 14.0. The summed E-state index contributed by atoms with van der Waals surface area (Å²) in [7, 11) is -4.57. The fraction of sp³-hybridized carbons (Fsp3) is 0.400. The average Bonchev–Trinajstić information content (AvgIpc) is 3.35. The Bertz CT molecular complexity index is 1190. The second-order valence-electron chi connectivity index (χ2n) is 7.70. The standard InChI is InChI=1S/C20H22Cl2N4O4S2/c21-14-4-3-7-20(22,17(14)32(28,29)30)13-5-6-15-16(12-13)31-19(24-15)25-18(27)23-8-11-26-9-1-2-10-26/h3-7,12,17H,1-2,8-11H2,(H,28,29,30)(H2,23,24,25,27). The molecule has 1 saturated heterocycles. The zero-order valence-electron chi connectivity index (χ0n) is 16.9. The zero-order valence-corrected chi connectivity index (χ0v) is 20.1. The first-order valence-corrected chi connectivity index (χ1v) is 13.1. The second-order valence-corrected chi connectivity index (χ2v) is 11.3. The van der Waals surface area contributed by atoms with E-state index in [9.17, 15) is 17.8 Å². The van der Waals surface area contributed by atoms with Crippen LogP contribution in [0.4, 0.5) is 9.93 Å². The number of rotatable bonds is 6. The third-order valence-electron chi connectivity index (χ3n) is 5.49. The van der Waals surface area contributed by atoms with E-state index < -0.39 is 20.2 Å². The van der Waals surface area contributed by atoms with Crippen molar-refractivity contribution in [2.75, 3.05) is 31.5 Å². The van der Waals surface area contributed by atoms with Crippen molar-refractivity contribution in [1.29, 1.82) is 0 Å². The molecule has 2 aliphatic rings. The smallest absolute Gasteiger partial charge is 0.321 e. The molecule has 32 heavy (non-hydrogen) atoms. The molecule has 1 aromatic heterocycles. The highest BCUT2D eigenvalue weighted by molar-refractivity contribution is 7.86. The number of nitrogens with one attached hydrogen (secondary N) is 2. The Balaban J connectivity index is 1.49. The maximum atomic E-state index is 12.2. The van der Waals surface area contributed by atoms with E-state index in [2.05, 4.69) is 20.5 Å². The summed E-state index contributed by atoms with van der Waals surface area (Å²) in [5.41, 5.74) is 1.05. The van der Waals surface area contributed by atoms with Crippen LogP contribution in [0.15, 0.2) is 41.5 Å². The molecule has 0 spiro atoms. The van der Waals surface area contributed by atoms with Crippen LogP contribution in [0.2, 0.25) is 0 Å². The van der Waals surface area contributed by atoms with Gasteiger partial charge in [0.25, 0.3) is 10.1 Å². The maximum Gasteiger partial charge on any atom is 0.321 e. The minimum Gasteiger partial charge on any atom is -0.337 e. The van der Waals surface area contributed by atoms with E-state index in [1.54, 1.807) is 24.3 Å². The van der Waals surface area contributed by atoms with E-state index in [0.717, 1.165) is 19.6 Å². The van der Waals surface area contributed by atoms with Crippen LogP contribution < -0.4 is 10.6 Å². The molecule has 0 radical (unpaired) electrons. The van der Waals surface area contributed by atoms with Crippen molar-refractivity contribution in [3.8, 4) is 0 Å². The number of hydrogen-bond acceptors (Lipinski definition) is 6. The van der Waals surface area contributed by atoms with Gasteiger partial charge in [0.1, 0.15) is 10.1 Å². The number of halogens is 2. The predicted molar refractivity (Wildman–Crippen MR) is 128 cm³/mol. The molecule has 1 aromatic carbocycles. The van der Waals surface area contributed by atoms with E-state index >= 15 is 0 Å². The lowest BCUT2D eigenvalue weighted by molar-refractivity contribution is 0.249. The maximum absolute atomic E-state index is 12.2. The lowest BCUT2D eigenvalue weighted by atomic mass is 9.90. The van der Waals surface area contributed by atoms with Crippen molar-refractivity contribution in [3.63, 3.8) is 0 Å². The van der Waals surface area contributed by atoms with E-state index in [0.29, 0.717) is 27.5 Å². The molecular weight excluding hydrogens is 495 g/mol. The number of anilines is 1. The minimum atomic E-state index is -4.57. The van der Waals surface area contributed by atoms with Gasteiger partial charge in [-0.05, 0) is 49.7 Å². The van der Waals surface area contributed by atoms with Crippen molar-refractivity contribution in [1.82, 2.24) is 15.2 Å². The first-order valence-electron chi connectivity index (χ1n) is 10.1. The molecule has 8 nitrogen and oxygen atoms in total. The molecule has 2 unspecified atom stereocenters. The van der Waals surface area contributed by atoms with Gasteiger partial charge in [0.2, 0.25) is 0 Å². The normalized spacial score (nSPS) is 24.0. The largest absolute Gasteiger partial charge is 0.337 e. The number of fused-ring (bicyclic) bond motifs is 1. The number of hydrogen-bond donors (Lipinski definition) is 3. The van der Waals surface area contributed by atoms with Gasteiger partial charge < -0.3 is 10.2 Å². The minimum absolute atomic E-state index is 0.0811. The van der Waals surface area contributed by atoms with Gasteiger partial charge in [-0.3, -0.25) is 9.87 Å². The molecule has 1 aliphatic heterocycles. The number of carbonyl (C=O) groups excluding carboxylic acids is 1. The average molecular weight is 517 g/mol.